The molecule has 0 aromatic carbocycles. The van der Waals surface area contributed by atoms with E-state index in [1.807, 2.05) is 10.9 Å². The van der Waals surface area contributed by atoms with E-state index in [1.165, 1.54) is 50.5 Å². The van der Waals surface area contributed by atoms with Crippen LogP contribution in [0.25, 0.3) is 0 Å². The van der Waals surface area contributed by atoms with E-state index in [9.17, 15) is 5.11 Å². The first-order chi connectivity index (χ1) is 13.8. The Kier molecular flexibility index (Phi) is 4.73. The minimum absolute atomic E-state index is 0.414. The van der Waals surface area contributed by atoms with Crippen molar-refractivity contribution in [3.05, 3.63) is 24.5 Å². The van der Waals surface area contributed by atoms with Gasteiger partial charge in [-0.2, -0.15) is 0 Å². The number of aromatic nitrogens is 3. The minimum atomic E-state index is -0.450. The van der Waals surface area contributed by atoms with E-state index in [0.29, 0.717) is 17.3 Å². The first-order valence-corrected chi connectivity index (χ1v) is 12.0. The fraction of sp³-hybridized carbons (Fsp3) is 0.840. The van der Waals surface area contributed by atoms with Crippen LogP contribution in [0, 0.1) is 46.8 Å². The monoisotopic (exact) mass is 397 g/mol. The molecule has 0 aliphatic heterocycles. The molecule has 0 spiro atoms. The van der Waals surface area contributed by atoms with E-state index in [-0.39, 0.29) is 0 Å². The van der Waals surface area contributed by atoms with Crippen LogP contribution in [-0.4, -0.2) is 25.7 Å². The maximum absolute atomic E-state index is 10.8. The fourth-order valence-corrected chi connectivity index (χ4v) is 8.55. The molecule has 1 N–H and O–H groups in total. The molecular weight excluding hydrogens is 358 g/mol. The highest BCUT2D eigenvalue weighted by molar-refractivity contribution is 5.15. The van der Waals surface area contributed by atoms with Crippen LogP contribution >= 0.6 is 0 Å². The highest BCUT2D eigenvalue weighted by atomic mass is 16.3. The Hall–Kier alpha value is -1.16. The van der Waals surface area contributed by atoms with E-state index in [4.69, 9.17) is 0 Å². The molecule has 1 heterocycles. The van der Waals surface area contributed by atoms with Crippen molar-refractivity contribution in [1.82, 2.24) is 15.0 Å². The molecule has 4 fully saturated rings. The van der Waals surface area contributed by atoms with Crippen molar-refractivity contribution in [2.45, 2.75) is 84.3 Å². The third-order valence-electron chi connectivity index (χ3n) is 10.2. The summed E-state index contributed by atoms with van der Waals surface area (Å²) < 4.78 is 1.94. The molecular formula is C25H39N3O. The zero-order valence-corrected chi connectivity index (χ0v) is 18.6. The highest BCUT2D eigenvalue weighted by Gasteiger charge is 2.58. The van der Waals surface area contributed by atoms with E-state index < -0.39 is 5.60 Å². The molecule has 1 aromatic rings. The van der Waals surface area contributed by atoms with Crippen LogP contribution in [0.3, 0.4) is 0 Å². The number of aliphatic hydroxyl groups is 1. The lowest BCUT2D eigenvalue weighted by Crippen LogP contribution is -2.52. The van der Waals surface area contributed by atoms with Crippen LogP contribution in [0.4, 0.5) is 0 Å². The van der Waals surface area contributed by atoms with Gasteiger partial charge in [-0.3, -0.25) is 0 Å². The van der Waals surface area contributed by atoms with Gasteiger partial charge in [0.05, 0.1) is 18.3 Å². The van der Waals surface area contributed by atoms with Crippen molar-refractivity contribution in [1.29, 1.82) is 0 Å². The maximum Gasteiger partial charge on any atom is 0.0693 e. The summed E-state index contributed by atoms with van der Waals surface area (Å²) in [6.07, 6.45) is 14.1. The van der Waals surface area contributed by atoms with Gasteiger partial charge in [0.2, 0.25) is 0 Å². The second kappa shape index (κ2) is 6.93. The molecule has 0 unspecified atom stereocenters. The highest BCUT2D eigenvalue weighted by Crippen LogP contribution is 2.65. The van der Waals surface area contributed by atoms with Gasteiger partial charge in [-0.05, 0) is 105 Å². The molecule has 4 saturated carbocycles. The Morgan fingerprint density at radius 2 is 1.97 bits per heavy atom. The van der Waals surface area contributed by atoms with Gasteiger partial charge in [-0.25, -0.2) is 4.68 Å². The summed E-state index contributed by atoms with van der Waals surface area (Å²) in [6.45, 7) is 12.3. The van der Waals surface area contributed by atoms with Crippen LogP contribution in [0.1, 0.15) is 72.1 Å². The third kappa shape index (κ3) is 3.12. The molecule has 5 rings (SSSR count). The molecule has 4 nitrogen and oxygen atoms in total. The average Bonchev–Trinajstić information content (AvgIpc) is 3.29. The Morgan fingerprint density at radius 3 is 2.72 bits per heavy atom. The molecule has 4 aliphatic rings. The van der Waals surface area contributed by atoms with Gasteiger partial charge in [-0.1, -0.05) is 31.2 Å². The predicted molar refractivity (Wildman–Crippen MR) is 115 cm³/mol. The van der Waals surface area contributed by atoms with Crippen molar-refractivity contribution in [2.75, 3.05) is 0 Å². The molecule has 160 valence electrons. The zero-order chi connectivity index (χ0) is 20.4. The number of hydrogen-bond donors (Lipinski definition) is 1. The molecule has 0 saturated heterocycles. The summed E-state index contributed by atoms with van der Waals surface area (Å²) in [7, 11) is 0. The third-order valence-corrected chi connectivity index (χ3v) is 10.2. The molecule has 0 bridgehead atoms. The Bertz CT molecular complexity index is 756. The number of nitrogens with zero attached hydrogens (tertiary/aromatic N) is 3. The van der Waals surface area contributed by atoms with E-state index in [1.54, 1.807) is 6.20 Å². The lowest BCUT2D eigenvalue weighted by molar-refractivity contribution is -0.121. The SMILES string of the molecule is C=C(Cn1ccnn1)[C@H]1CC[C@H]2[C@@H]3CC[C@H]4C[C@](C)(O)[C@@H](C)C[C@@H]4[C@H]3CC[C@]12C. The quantitative estimate of drug-likeness (QED) is 0.722. The average molecular weight is 398 g/mol. The number of fused-ring (bicyclic) bond motifs is 5. The summed E-state index contributed by atoms with van der Waals surface area (Å²) in [5.41, 5.74) is 1.32. The zero-order valence-electron chi connectivity index (χ0n) is 18.6. The van der Waals surface area contributed by atoms with Gasteiger partial charge in [0.15, 0.2) is 0 Å². The lowest BCUT2D eigenvalue weighted by atomic mass is 9.48. The van der Waals surface area contributed by atoms with Gasteiger partial charge < -0.3 is 5.11 Å². The molecule has 4 aliphatic carbocycles. The minimum Gasteiger partial charge on any atom is -0.390 e. The first-order valence-electron chi connectivity index (χ1n) is 12.0. The molecule has 0 amide bonds. The smallest absolute Gasteiger partial charge is 0.0693 e. The van der Waals surface area contributed by atoms with Crippen LogP contribution < -0.4 is 0 Å². The Labute approximate surface area is 176 Å². The topological polar surface area (TPSA) is 50.9 Å². The summed E-state index contributed by atoms with van der Waals surface area (Å²) in [4.78, 5) is 0. The summed E-state index contributed by atoms with van der Waals surface area (Å²) in [5, 5.41) is 19.0. The van der Waals surface area contributed by atoms with Crippen molar-refractivity contribution in [3.63, 3.8) is 0 Å². The predicted octanol–water partition coefficient (Wildman–Crippen LogP) is 5.10. The van der Waals surface area contributed by atoms with Gasteiger partial charge in [-0.15, -0.1) is 5.10 Å². The molecule has 9 atom stereocenters. The number of allylic oxidation sites excluding steroid dienone is 1. The second-order valence-electron chi connectivity index (χ2n) is 11.6. The van der Waals surface area contributed by atoms with Gasteiger partial charge in [0, 0.05) is 6.20 Å². The first kappa shape index (κ1) is 19.8. The summed E-state index contributed by atoms with van der Waals surface area (Å²) in [5.74, 6) is 5.33. The second-order valence-corrected chi connectivity index (χ2v) is 11.6. The Balaban J connectivity index is 1.33. The van der Waals surface area contributed by atoms with Gasteiger partial charge in [0.1, 0.15) is 0 Å². The normalized spacial score (nSPS) is 49.2. The number of hydrogen-bond acceptors (Lipinski definition) is 3. The molecule has 29 heavy (non-hydrogen) atoms. The van der Waals surface area contributed by atoms with Crippen LogP contribution in [0.5, 0.6) is 0 Å². The van der Waals surface area contributed by atoms with Gasteiger partial charge in [0.25, 0.3) is 0 Å². The summed E-state index contributed by atoms with van der Waals surface area (Å²) in [6, 6.07) is 0. The standard InChI is InChI=1S/C25H39N3O/c1-16(15-28-12-11-26-27-28)22-7-8-23-20-6-5-18-14-25(4,29)17(2)13-21(18)19(20)9-10-24(22,23)3/h11-12,17-23,29H,1,5-10,13-15H2,2-4H3/t17-,18-,19-,20+,21-,22+,23-,24+,25-/m0/s1. The molecule has 4 heteroatoms. The van der Waals surface area contributed by atoms with Crippen LogP contribution in [0.2, 0.25) is 0 Å². The van der Waals surface area contributed by atoms with E-state index in [2.05, 4.69) is 37.7 Å². The fourth-order valence-electron chi connectivity index (χ4n) is 8.55. The van der Waals surface area contributed by atoms with E-state index in [0.717, 1.165) is 42.6 Å². The molecule has 0 radical (unpaired) electrons. The maximum atomic E-state index is 10.8. The largest absolute Gasteiger partial charge is 0.390 e. The summed E-state index contributed by atoms with van der Waals surface area (Å²) >= 11 is 0. The van der Waals surface area contributed by atoms with E-state index >= 15 is 0 Å². The number of rotatable bonds is 3. The van der Waals surface area contributed by atoms with Crippen molar-refractivity contribution in [2.24, 2.45) is 46.8 Å². The van der Waals surface area contributed by atoms with Crippen LogP contribution in [-0.2, 0) is 6.54 Å². The van der Waals surface area contributed by atoms with Gasteiger partial charge >= 0.3 is 0 Å². The lowest BCUT2D eigenvalue weighted by Gasteiger charge is -2.58. The molecule has 1 aromatic heterocycles. The van der Waals surface area contributed by atoms with Crippen molar-refractivity contribution >= 4 is 0 Å². The van der Waals surface area contributed by atoms with Crippen molar-refractivity contribution in [3.8, 4) is 0 Å². The van der Waals surface area contributed by atoms with Crippen molar-refractivity contribution < 1.29 is 5.11 Å². The Morgan fingerprint density at radius 1 is 1.14 bits per heavy atom. The van der Waals surface area contributed by atoms with Crippen LogP contribution in [0.15, 0.2) is 24.5 Å².